The molecule has 0 aliphatic carbocycles. The predicted molar refractivity (Wildman–Crippen MR) is 67.6 cm³/mol. The van der Waals surface area contributed by atoms with E-state index in [1.54, 1.807) is 6.08 Å². The van der Waals surface area contributed by atoms with Crippen molar-refractivity contribution in [3.8, 4) is 0 Å². The lowest BCUT2D eigenvalue weighted by molar-refractivity contribution is -0.192. The summed E-state index contributed by atoms with van der Waals surface area (Å²) < 4.78 is 44.1. The third-order valence-electron chi connectivity index (χ3n) is 2.64. The Morgan fingerprint density at radius 2 is 1.95 bits per heavy atom. The fourth-order valence-electron chi connectivity index (χ4n) is 1.40. The molecule has 1 rings (SSSR count). The van der Waals surface area contributed by atoms with Crippen molar-refractivity contribution in [1.29, 1.82) is 0 Å². The molecule has 1 aliphatic heterocycles. The second-order valence-electron chi connectivity index (χ2n) is 4.23. The second kappa shape index (κ2) is 8.18. The highest BCUT2D eigenvalue weighted by atomic mass is 35.5. The summed E-state index contributed by atoms with van der Waals surface area (Å²) in [6, 6.07) is 0.298. The van der Waals surface area contributed by atoms with Crippen LogP contribution in [0.25, 0.3) is 0 Å². The van der Waals surface area contributed by atoms with Crippen LogP contribution in [0.1, 0.15) is 0 Å². The first kappa shape index (κ1) is 19.7. The van der Waals surface area contributed by atoms with Gasteiger partial charge in [0, 0.05) is 25.7 Å². The van der Waals surface area contributed by atoms with Gasteiger partial charge in [0.05, 0.1) is 0 Å². The van der Waals surface area contributed by atoms with E-state index in [4.69, 9.17) is 21.5 Å². The zero-order valence-electron chi connectivity index (χ0n) is 11.1. The van der Waals surface area contributed by atoms with Crippen LogP contribution in [-0.4, -0.2) is 71.3 Å². The van der Waals surface area contributed by atoms with Gasteiger partial charge in [-0.05, 0) is 7.05 Å². The summed E-state index contributed by atoms with van der Waals surface area (Å²) in [7, 11) is 1.95. The fraction of sp³-hybridized carbons (Fsp3) is 0.636. The molecule has 1 fully saturated rings. The Balaban J connectivity index is 0.000000486. The summed E-state index contributed by atoms with van der Waals surface area (Å²) >= 11 is 5.04. The summed E-state index contributed by atoms with van der Waals surface area (Å²) in [6.45, 7) is 5.49. The van der Waals surface area contributed by atoms with Gasteiger partial charge in [-0.25, -0.2) is 9.18 Å². The molecule has 0 aromatic heterocycles. The molecule has 1 aliphatic rings. The lowest BCUT2D eigenvalue weighted by Gasteiger charge is -2.43. The van der Waals surface area contributed by atoms with Crippen molar-refractivity contribution in [3.05, 3.63) is 12.7 Å². The summed E-state index contributed by atoms with van der Waals surface area (Å²) in [5.41, 5.74) is -1.90. The Morgan fingerprint density at radius 3 is 2.24 bits per heavy atom. The van der Waals surface area contributed by atoms with Crippen molar-refractivity contribution in [3.63, 3.8) is 0 Å². The summed E-state index contributed by atoms with van der Waals surface area (Å²) in [6.07, 6.45) is -3.29. The van der Waals surface area contributed by atoms with Gasteiger partial charge in [-0.2, -0.15) is 13.2 Å². The number of likely N-dealkylation sites (N-methyl/N-ethyl adjacent to an activating group) is 1. The lowest BCUT2D eigenvalue weighted by Crippen LogP contribution is -2.61. The number of carboxylic acid groups (broad SMARTS) is 1. The molecule has 0 bridgehead atoms. The van der Waals surface area contributed by atoms with Crippen molar-refractivity contribution >= 4 is 23.5 Å². The Hall–Kier alpha value is -1.35. The number of likely N-dealkylation sites (tertiary alicyclic amines) is 1. The summed E-state index contributed by atoms with van der Waals surface area (Å²) in [5, 5.41) is 7.12. The number of carboxylic acids is 1. The maximum absolute atomic E-state index is 12.4. The van der Waals surface area contributed by atoms with Gasteiger partial charge in [0.1, 0.15) is 0 Å². The molecule has 5 nitrogen and oxygen atoms in total. The quantitative estimate of drug-likeness (QED) is 0.481. The highest BCUT2D eigenvalue weighted by molar-refractivity contribution is 6.29. The van der Waals surface area contributed by atoms with Crippen LogP contribution in [0.15, 0.2) is 12.7 Å². The van der Waals surface area contributed by atoms with Crippen molar-refractivity contribution in [1.82, 2.24) is 9.80 Å². The number of amides is 1. The molecule has 1 saturated heterocycles. The molecule has 10 heteroatoms. The smallest absolute Gasteiger partial charge is 0.475 e. The van der Waals surface area contributed by atoms with E-state index in [0.29, 0.717) is 19.1 Å². The highest BCUT2D eigenvalue weighted by Gasteiger charge is 2.38. The summed E-state index contributed by atoms with van der Waals surface area (Å²) in [5.74, 6) is -3.39. The van der Waals surface area contributed by atoms with E-state index in [1.165, 1.54) is 4.90 Å². The molecule has 0 radical (unpaired) electrons. The van der Waals surface area contributed by atoms with E-state index in [1.807, 2.05) is 7.05 Å². The number of alkyl halides is 5. The van der Waals surface area contributed by atoms with Crippen molar-refractivity contribution in [2.75, 3.05) is 26.7 Å². The molecular weight excluding hydrogens is 320 g/mol. The van der Waals surface area contributed by atoms with Crippen LogP contribution in [0.4, 0.5) is 17.6 Å². The Bertz CT molecular complexity index is 384. The van der Waals surface area contributed by atoms with Gasteiger partial charge in [0.15, 0.2) is 0 Å². The van der Waals surface area contributed by atoms with Gasteiger partial charge in [0.25, 0.3) is 11.5 Å². The first-order valence-electron chi connectivity index (χ1n) is 5.68. The van der Waals surface area contributed by atoms with E-state index in [9.17, 15) is 22.4 Å². The van der Waals surface area contributed by atoms with Crippen molar-refractivity contribution < 1.29 is 32.3 Å². The second-order valence-corrected chi connectivity index (χ2v) is 4.61. The molecule has 1 amide bonds. The third kappa shape index (κ3) is 6.76. The van der Waals surface area contributed by atoms with E-state index in [-0.39, 0.29) is 0 Å². The maximum atomic E-state index is 12.4. The molecule has 1 N–H and O–H groups in total. The minimum absolute atomic E-state index is 0.298. The molecule has 1 atom stereocenters. The van der Waals surface area contributed by atoms with Crippen LogP contribution >= 0.6 is 11.6 Å². The monoisotopic (exact) mass is 334 g/mol. The molecule has 1 heterocycles. The van der Waals surface area contributed by atoms with Crippen LogP contribution < -0.4 is 0 Å². The van der Waals surface area contributed by atoms with Crippen LogP contribution in [0, 0.1) is 0 Å². The average molecular weight is 335 g/mol. The number of nitrogens with zero attached hydrogens (tertiary/aromatic N) is 2. The molecule has 0 aromatic carbocycles. The number of rotatable bonds is 4. The molecule has 0 aromatic rings. The van der Waals surface area contributed by atoms with E-state index < -0.39 is 23.7 Å². The first-order valence-corrected chi connectivity index (χ1v) is 6.12. The van der Waals surface area contributed by atoms with Crippen LogP contribution in [0.3, 0.4) is 0 Å². The third-order valence-corrected chi connectivity index (χ3v) is 2.83. The number of halogens is 5. The van der Waals surface area contributed by atoms with Crippen LogP contribution in [-0.2, 0) is 9.59 Å². The average Bonchev–Trinajstić information content (AvgIpc) is 2.26. The summed E-state index contributed by atoms with van der Waals surface area (Å²) in [4.78, 5) is 23.4. The van der Waals surface area contributed by atoms with E-state index >= 15 is 0 Å². The van der Waals surface area contributed by atoms with Gasteiger partial charge in [0.2, 0.25) is 0 Å². The van der Waals surface area contributed by atoms with Gasteiger partial charge in [-0.15, -0.1) is 6.58 Å². The first-order chi connectivity index (χ1) is 9.50. The van der Waals surface area contributed by atoms with E-state index in [0.717, 1.165) is 6.54 Å². The minimum atomic E-state index is -5.08. The standard InChI is InChI=1S/C9H14ClFN2O.C2HF3O2/c1-3-4-12(2)7-5-13(6-7)9(14)8(10)11;3-2(4,5)1(6)7/h3,7-8H,1,4-6H2,2H3;(H,6,7). The highest BCUT2D eigenvalue weighted by Crippen LogP contribution is 2.16. The van der Waals surface area contributed by atoms with Gasteiger partial charge < -0.3 is 10.0 Å². The molecule has 122 valence electrons. The Morgan fingerprint density at radius 1 is 1.52 bits per heavy atom. The van der Waals surface area contributed by atoms with Crippen LogP contribution in [0.5, 0.6) is 0 Å². The number of hydrogen-bond donors (Lipinski definition) is 1. The molecule has 1 unspecified atom stereocenters. The predicted octanol–water partition coefficient (Wildman–Crippen LogP) is 1.48. The topological polar surface area (TPSA) is 60.9 Å². The van der Waals surface area contributed by atoms with Crippen molar-refractivity contribution in [2.24, 2.45) is 0 Å². The van der Waals surface area contributed by atoms with Crippen molar-refractivity contribution in [2.45, 2.75) is 17.8 Å². The van der Waals surface area contributed by atoms with Gasteiger partial charge >= 0.3 is 12.1 Å². The number of carbonyl (C=O) groups excluding carboxylic acids is 1. The zero-order chi connectivity index (χ0) is 16.8. The van der Waals surface area contributed by atoms with Gasteiger partial charge in [-0.3, -0.25) is 9.69 Å². The lowest BCUT2D eigenvalue weighted by atomic mass is 10.1. The normalized spacial score (nSPS) is 16.6. The fourth-order valence-corrected chi connectivity index (χ4v) is 1.54. The number of hydrogen-bond acceptors (Lipinski definition) is 3. The maximum Gasteiger partial charge on any atom is 0.490 e. The van der Waals surface area contributed by atoms with Crippen LogP contribution in [0.2, 0.25) is 0 Å². The van der Waals surface area contributed by atoms with E-state index in [2.05, 4.69) is 11.5 Å². The number of carbonyl (C=O) groups is 2. The minimum Gasteiger partial charge on any atom is -0.475 e. The number of aliphatic carboxylic acids is 1. The molecular formula is C11H15ClF4N2O3. The SMILES string of the molecule is C=CCN(C)C1CN(C(=O)C(F)Cl)C1.O=C(O)C(F)(F)F. The zero-order valence-corrected chi connectivity index (χ0v) is 11.9. The molecule has 0 spiro atoms. The Labute approximate surface area is 123 Å². The largest absolute Gasteiger partial charge is 0.490 e. The molecule has 21 heavy (non-hydrogen) atoms. The Kier molecular flexibility index (Phi) is 7.65. The van der Waals surface area contributed by atoms with Gasteiger partial charge in [-0.1, -0.05) is 17.7 Å². The molecule has 0 saturated carbocycles.